The van der Waals surface area contributed by atoms with E-state index in [0.29, 0.717) is 19.3 Å². The van der Waals surface area contributed by atoms with Crippen LogP contribution in [-0.2, 0) is 19.1 Å². The van der Waals surface area contributed by atoms with E-state index < -0.39 is 22.5 Å². The minimum absolute atomic E-state index is 0.00996. The molecule has 1 N–H and O–H groups in total. The molecule has 33 heavy (non-hydrogen) atoms. The average Bonchev–Trinajstić information content (AvgIpc) is 3.06. The lowest BCUT2D eigenvalue weighted by Gasteiger charge is -2.54. The van der Waals surface area contributed by atoms with Gasteiger partial charge in [-0.3, -0.25) is 14.4 Å². The SMILES string of the molecule is CCCCCC(=O)O[C@]1(C(=O)CCl)CC[C@H]2C3=C(C(O)C[C@@]21C)[C@@]1(C)C=CC(=O)C=C1CC3. The molecule has 0 bridgehead atoms. The van der Waals surface area contributed by atoms with Gasteiger partial charge >= 0.3 is 5.97 Å². The fourth-order valence-corrected chi connectivity index (χ4v) is 7.35. The number of unbranched alkanes of at least 4 members (excludes halogenated alkanes) is 2. The van der Waals surface area contributed by atoms with Gasteiger partial charge in [-0.1, -0.05) is 43.9 Å². The maximum atomic E-state index is 13.3. The first-order valence-electron chi connectivity index (χ1n) is 12.3. The fraction of sp³-hybridized carbons (Fsp3) is 0.667. The summed E-state index contributed by atoms with van der Waals surface area (Å²) in [5.74, 6) is -0.824. The summed E-state index contributed by atoms with van der Waals surface area (Å²) in [5, 5.41) is 11.5. The monoisotopic (exact) mass is 474 g/mol. The van der Waals surface area contributed by atoms with Crippen molar-refractivity contribution in [1.82, 2.24) is 0 Å². The largest absolute Gasteiger partial charge is 0.450 e. The molecular formula is C27H35ClO5. The molecule has 4 aliphatic carbocycles. The second-order valence-electron chi connectivity index (χ2n) is 10.6. The summed E-state index contributed by atoms with van der Waals surface area (Å²) < 4.78 is 6.07. The zero-order chi connectivity index (χ0) is 24.0. The number of ether oxygens (including phenoxy) is 1. The van der Waals surface area contributed by atoms with Gasteiger partial charge in [-0.25, -0.2) is 0 Å². The average molecular weight is 475 g/mol. The van der Waals surface area contributed by atoms with E-state index in [1.165, 1.54) is 5.57 Å². The molecule has 0 amide bonds. The minimum atomic E-state index is -1.31. The molecule has 0 saturated heterocycles. The van der Waals surface area contributed by atoms with Gasteiger partial charge in [0.05, 0.1) is 12.0 Å². The van der Waals surface area contributed by atoms with Crippen molar-refractivity contribution < 1.29 is 24.2 Å². The molecule has 0 aromatic rings. The number of carbonyl (C=O) groups is 3. The van der Waals surface area contributed by atoms with Crippen LogP contribution in [0.25, 0.3) is 0 Å². The molecule has 0 aliphatic heterocycles. The van der Waals surface area contributed by atoms with Gasteiger partial charge in [-0.05, 0) is 69.1 Å². The number of hydrogen-bond donors (Lipinski definition) is 1. The maximum absolute atomic E-state index is 13.3. The van der Waals surface area contributed by atoms with Gasteiger partial charge in [-0.2, -0.15) is 0 Å². The summed E-state index contributed by atoms with van der Waals surface area (Å²) in [5.41, 5.74) is 0.664. The first kappa shape index (κ1) is 24.4. The van der Waals surface area contributed by atoms with Crippen molar-refractivity contribution in [3.8, 4) is 0 Å². The number of aliphatic hydroxyl groups excluding tert-OH is 1. The Bertz CT molecular complexity index is 962. The predicted octanol–water partition coefficient (Wildman–Crippen LogP) is 5.00. The molecule has 0 spiro atoms. The highest BCUT2D eigenvalue weighted by molar-refractivity contribution is 6.29. The van der Waals surface area contributed by atoms with E-state index >= 15 is 0 Å². The van der Waals surface area contributed by atoms with Gasteiger partial charge < -0.3 is 9.84 Å². The second-order valence-corrected chi connectivity index (χ2v) is 10.9. The summed E-state index contributed by atoms with van der Waals surface area (Å²) in [6.07, 6.45) is 10.3. The van der Waals surface area contributed by atoms with Gasteiger partial charge in [0.15, 0.2) is 17.2 Å². The lowest BCUT2D eigenvalue weighted by molar-refractivity contribution is -0.183. The van der Waals surface area contributed by atoms with E-state index in [1.54, 1.807) is 12.2 Å². The number of Topliss-reactive ketones (excluding diaryl/α,β-unsaturated/α-hetero) is 1. The number of fused-ring (bicyclic) bond motifs is 4. The van der Waals surface area contributed by atoms with Crippen molar-refractivity contribution >= 4 is 29.1 Å². The number of rotatable bonds is 7. The Kier molecular flexibility index (Phi) is 6.52. The van der Waals surface area contributed by atoms with Crippen LogP contribution in [0.5, 0.6) is 0 Å². The first-order valence-corrected chi connectivity index (χ1v) is 12.8. The van der Waals surface area contributed by atoms with Crippen LogP contribution >= 0.6 is 11.6 Å². The Balaban J connectivity index is 1.74. The van der Waals surface area contributed by atoms with Crippen molar-refractivity contribution in [2.75, 3.05) is 5.88 Å². The Labute approximate surface area is 201 Å². The van der Waals surface area contributed by atoms with E-state index in [-0.39, 0.29) is 35.8 Å². The number of aliphatic hydroxyl groups is 1. The number of alkyl halides is 1. The van der Waals surface area contributed by atoms with Crippen LogP contribution in [0.1, 0.15) is 78.6 Å². The highest BCUT2D eigenvalue weighted by atomic mass is 35.5. The molecule has 4 aliphatic rings. The van der Waals surface area contributed by atoms with Gasteiger partial charge in [0.25, 0.3) is 0 Å². The topological polar surface area (TPSA) is 80.7 Å². The fourth-order valence-electron chi connectivity index (χ4n) is 7.14. The molecule has 0 aromatic heterocycles. The van der Waals surface area contributed by atoms with Gasteiger partial charge in [-0.15, -0.1) is 11.6 Å². The van der Waals surface area contributed by atoms with Gasteiger partial charge in [0.1, 0.15) is 0 Å². The van der Waals surface area contributed by atoms with Crippen LogP contribution in [0.3, 0.4) is 0 Å². The van der Waals surface area contributed by atoms with Crippen LogP contribution in [-0.4, -0.2) is 40.2 Å². The summed E-state index contributed by atoms with van der Waals surface area (Å²) in [7, 11) is 0. The Hall–Kier alpha value is -1.72. The van der Waals surface area contributed by atoms with E-state index in [1.807, 2.05) is 13.0 Å². The number of esters is 1. The lowest BCUT2D eigenvalue weighted by atomic mass is 9.52. The van der Waals surface area contributed by atoms with E-state index in [4.69, 9.17) is 16.3 Å². The quantitative estimate of drug-likeness (QED) is 0.243. The molecule has 0 heterocycles. The molecule has 180 valence electrons. The molecule has 1 fully saturated rings. The smallest absolute Gasteiger partial charge is 0.306 e. The normalized spacial score (nSPS) is 37.2. The number of halogens is 1. The van der Waals surface area contributed by atoms with Gasteiger partial charge in [0, 0.05) is 17.3 Å². The van der Waals surface area contributed by atoms with Crippen LogP contribution in [0, 0.1) is 16.7 Å². The third-order valence-corrected chi connectivity index (χ3v) is 9.07. The maximum Gasteiger partial charge on any atom is 0.306 e. The molecule has 0 aromatic carbocycles. The second kappa shape index (κ2) is 8.81. The number of ketones is 2. The third-order valence-electron chi connectivity index (χ3n) is 8.83. The number of allylic oxidation sites excluding steroid dienone is 5. The summed E-state index contributed by atoms with van der Waals surface area (Å²) in [6.45, 7) is 6.14. The Morgan fingerprint density at radius 2 is 2.00 bits per heavy atom. The molecule has 5 atom stereocenters. The zero-order valence-corrected chi connectivity index (χ0v) is 20.7. The highest BCUT2D eigenvalue weighted by Crippen LogP contribution is 2.65. The van der Waals surface area contributed by atoms with E-state index in [0.717, 1.165) is 43.3 Å². The minimum Gasteiger partial charge on any atom is -0.450 e. The highest BCUT2D eigenvalue weighted by Gasteiger charge is 2.67. The molecule has 0 radical (unpaired) electrons. The van der Waals surface area contributed by atoms with E-state index in [2.05, 4.69) is 13.8 Å². The molecule has 5 nitrogen and oxygen atoms in total. The van der Waals surface area contributed by atoms with Crippen LogP contribution in [0.4, 0.5) is 0 Å². The van der Waals surface area contributed by atoms with E-state index in [9.17, 15) is 19.5 Å². The lowest BCUT2D eigenvalue weighted by Crippen LogP contribution is -2.58. The number of carbonyl (C=O) groups excluding carboxylic acids is 3. The Morgan fingerprint density at radius 1 is 1.24 bits per heavy atom. The van der Waals surface area contributed by atoms with Crippen molar-refractivity contribution in [2.45, 2.75) is 90.3 Å². The standard InChI is InChI=1S/C27H35ClO5/c1-4-5-6-7-23(32)33-27(22(31)16-28)13-11-20-19-9-8-17-14-18(29)10-12-25(17,2)24(19)21(30)15-26(20,27)3/h10,12,14,20-21,30H,4-9,11,13,15-16H2,1-3H3/t20-,21?,25-,26-,27-/m0/s1. The van der Waals surface area contributed by atoms with Crippen molar-refractivity contribution in [2.24, 2.45) is 16.7 Å². The summed E-state index contributed by atoms with van der Waals surface area (Å²) in [4.78, 5) is 38.1. The molecule has 4 rings (SSSR count). The van der Waals surface area contributed by atoms with Gasteiger partial charge in [0.2, 0.25) is 0 Å². The first-order chi connectivity index (χ1) is 15.6. The molecular weight excluding hydrogens is 440 g/mol. The van der Waals surface area contributed by atoms with Crippen LogP contribution in [0.2, 0.25) is 0 Å². The molecule has 1 unspecified atom stereocenters. The van der Waals surface area contributed by atoms with Crippen LogP contribution < -0.4 is 0 Å². The zero-order valence-electron chi connectivity index (χ0n) is 19.9. The van der Waals surface area contributed by atoms with Crippen molar-refractivity contribution in [1.29, 1.82) is 0 Å². The third kappa shape index (κ3) is 3.67. The van der Waals surface area contributed by atoms with Crippen molar-refractivity contribution in [3.05, 3.63) is 34.9 Å². The van der Waals surface area contributed by atoms with Crippen molar-refractivity contribution in [3.63, 3.8) is 0 Å². The summed E-state index contributed by atoms with van der Waals surface area (Å²) in [6, 6.07) is 0. The molecule has 6 heteroatoms. The van der Waals surface area contributed by atoms with Crippen LogP contribution in [0.15, 0.2) is 34.9 Å². The predicted molar refractivity (Wildman–Crippen MR) is 127 cm³/mol. The molecule has 1 saturated carbocycles. The number of hydrogen-bond acceptors (Lipinski definition) is 5. The summed E-state index contributed by atoms with van der Waals surface area (Å²) >= 11 is 6.06. The Morgan fingerprint density at radius 3 is 2.70 bits per heavy atom.